The number of benzene rings is 1. The van der Waals surface area contributed by atoms with Gasteiger partial charge in [0.2, 0.25) is 5.91 Å². The molecule has 2 rings (SSSR count). The average Bonchev–Trinajstić information content (AvgIpc) is 2.42. The molecule has 17 heavy (non-hydrogen) atoms. The van der Waals surface area contributed by atoms with E-state index in [0.29, 0.717) is 0 Å². The SMILES string of the molecule is Cc1ccccc1N1C(=O)C(C)NCCC1C. The fraction of sp³-hybridized carbons (Fsp3) is 0.500. The molecule has 0 bridgehead atoms. The summed E-state index contributed by atoms with van der Waals surface area (Å²) in [5.41, 5.74) is 2.20. The van der Waals surface area contributed by atoms with Gasteiger partial charge in [0, 0.05) is 11.7 Å². The smallest absolute Gasteiger partial charge is 0.244 e. The van der Waals surface area contributed by atoms with Gasteiger partial charge in [-0.25, -0.2) is 0 Å². The second kappa shape index (κ2) is 4.88. The molecule has 2 unspecified atom stereocenters. The maximum atomic E-state index is 12.4. The minimum atomic E-state index is -0.0976. The van der Waals surface area contributed by atoms with E-state index in [0.717, 1.165) is 24.2 Å². The monoisotopic (exact) mass is 232 g/mol. The highest BCUT2D eigenvalue weighted by molar-refractivity contribution is 5.98. The number of rotatable bonds is 1. The molecule has 0 saturated carbocycles. The molecule has 1 aromatic rings. The van der Waals surface area contributed by atoms with E-state index in [1.807, 2.05) is 30.0 Å². The van der Waals surface area contributed by atoms with Crippen molar-refractivity contribution in [2.45, 2.75) is 39.3 Å². The first kappa shape index (κ1) is 12.1. The van der Waals surface area contributed by atoms with E-state index in [1.165, 1.54) is 0 Å². The van der Waals surface area contributed by atoms with Gasteiger partial charge in [-0.1, -0.05) is 18.2 Å². The van der Waals surface area contributed by atoms with Crippen molar-refractivity contribution in [1.29, 1.82) is 0 Å². The van der Waals surface area contributed by atoms with Gasteiger partial charge in [0.1, 0.15) is 0 Å². The van der Waals surface area contributed by atoms with Crippen LogP contribution in [0.5, 0.6) is 0 Å². The number of carbonyl (C=O) groups is 1. The van der Waals surface area contributed by atoms with Crippen LogP contribution in [0.25, 0.3) is 0 Å². The van der Waals surface area contributed by atoms with Crippen molar-refractivity contribution in [1.82, 2.24) is 5.32 Å². The lowest BCUT2D eigenvalue weighted by atomic mass is 10.1. The largest absolute Gasteiger partial charge is 0.308 e. The molecular formula is C14H20N2O. The molecule has 1 saturated heterocycles. The van der Waals surface area contributed by atoms with E-state index in [2.05, 4.69) is 25.2 Å². The number of hydrogen-bond acceptors (Lipinski definition) is 2. The van der Waals surface area contributed by atoms with Gasteiger partial charge in [-0.3, -0.25) is 4.79 Å². The van der Waals surface area contributed by atoms with Gasteiger partial charge in [-0.2, -0.15) is 0 Å². The summed E-state index contributed by atoms with van der Waals surface area (Å²) in [6.45, 7) is 7.00. The number of amides is 1. The first-order valence-corrected chi connectivity index (χ1v) is 6.23. The van der Waals surface area contributed by atoms with Crippen molar-refractivity contribution in [2.24, 2.45) is 0 Å². The molecule has 0 radical (unpaired) electrons. The molecule has 1 N–H and O–H groups in total. The number of nitrogens with one attached hydrogen (secondary N) is 1. The second-order valence-electron chi connectivity index (χ2n) is 4.81. The normalized spacial score (nSPS) is 25.8. The molecule has 3 nitrogen and oxygen atoms in total. The summed E-state index contributed by atoms with van der Waals surface area (Å²) in [7, 11) is 0. The number of aryl methyl sites for hydroxylation is 1. The Labute approximate surface area is 103 Å². The Bertz CT molecular complexity index is 416. The van der Waals surface area contributed by atoms with Crippen LogP contribution in [0.1, 0.15) is 25.8 Å². The molecule has 0 aromatic heterocycles. The van der Waals surface area contributed by atoms with E-state index in [-0.39, 0.29) is 18.0 Å². The Morgan fingerprint density at radius 2 is 2.00 bits per heavy atom. The van der Waals surface area contributed by atoms with Gasteiger partial charge in [0.25, 0.3) is 0 Å². The van der Waals surface area contributed by atoms with Crippen molar-refractivity contribution >= 4 is 11.6 Å². The van der Waals surface area contributed by atoms with E-state index in [4.69, 9.17) is 0 Å². The van der Waals surface area contributed by atoms with Gasteiger partial charge in [0.05, 0.1) is 6.04 Å². The van der Waals surface area contributed by atoms with Crippen LogP contribution in [0, 0.1) is 6.92 Å². The van der Waals surface area contributed by atoms with Crippen LogP contribution in [0.15, 0.2) is 24.3 Å². The van der Waals surface area contributed by atoms with Crippen LogP contribution in [-0.2, 0) is 4.79 Å². The molecule has 1 aromatic carbocycles. The first-order valence-electron chi connectivity index (χ1n) is 6.23. The fourth-order valence-electron chi connectivity index (χ4n) is 2.34. The summed E-state index contributed by atoms with van der Waals surface area (Å²) in [6, 6.07) is 8.24. The van der Waals surface area contributed by atoms with E-state index in [1.54, 1.807) is 0 Å². The van der Waals surface area contributed by atoms with Crippen molar-refractivity contribution in [3.8, 4) is 0 Å². The molecule has 1 aliphatic rings. The van der Waals surface area contributed by atoms with Crippen molar-refractivity contribution in [2.75, 3.05) is 11.4 Å². The van der Waals surface area contributed by atoms with Crippen LogP contribution in [0.2, 0.25) is 0 Å². The third-order valence-electron chi connectivity index (χ3n) is 3.44. The standard InChI is InChI=1S/C14H20N2O/c1-10-6-4-5-7-13(10)16-11(2)8-9-15-12(3)14(16)17/h4-7,11-12,15H,8-9H2,1-3H3. The van der Waals surface area contributed by atoms with E-state index in [9.17, 15) is 4.79 Å². The molecule has 1 aliphatic heterocycles. The molecule has 92 valence electrons. The Morgan fingerprint density at radius 1 is 1.29 bits per heavy atom. The third kappa shape index (κ3) is 2.34. The predicted octanol–water partition coefficient (Wildman–Crippen LogP) is 2.10. The van der Waals surface area contributed by atoms with Gasteiger partial charge in [0.15, 0.2) is 0 Å². The molecule has 3 heteroatoms. The Kier molecular flexibility index (Phi) is 3.48. The molecule has 0 aliphatic carbocycles. The summed E-state index contributed by atoms with van der Waals surface area (Å²) in [5, 5.41) is 3.25. The topological polar surface area (TPSA) is 32.3 Å². The minimum Gasteiger partial charge on any atom is -0.308 e. The number of para-hydroxylation sites is 1. The minimum absolute atomic E-state index is 0.0976. The molecule has 1 fully saturated rings. The van der Waals surface area contributed by atoms with Crippen molar-refractivity contribution in [3.63, 3.8) is 0 Å². The number of hydrogen-bond donors (Lipinski definition) is 1. The zero-order valence-electron chi connectivity index (χ0n) is 10.7. The zero-order chi connectivity index (χ0) is 12.4. The average molecular weight is 232 g/mol. The van der Waals surface area contributed by atoms with Gasteiger partial charge >= 0.3 is 0 Å². The Morgan fingerprint density at radius 3 is 2.71 bits per heavy atom. The summed E-state index contributed by atoms with van der Waals surface area (Å²) in [6.07, 6.45) is 0.990. The summed E-state index contributed by atoms with van der Waals surface area (Å²) in [4.78, 5) is 14.3. The van der Waals surface area contributed by atoms with Gasteiger partial charge < -0.3 is 10.2 Å². The molecule has 0 spiro atoms. The highest BCUT2D eigenvalue weighted by Gasteiger charge is 2.29. The number of carbonyl (C=O) groups excluding carboxylic acids is 1. The molecule has 1 amide bonds. The highest BCUT2D eigenvalue weighted by Crippen LogP contribution is 2.24. The van der Waals surface area contributed by atoms with Gasteiger partial charge in [-0.05, 0) is 45.4 Å². The number of nitrogens with zero attached hydrogens (tertiary/aromatic N) is 1. The zero-order valence-corrected chi connectivity index (χ0v) is 10.7. The maximum Gasteiger partial charge on any atom is 0.244 e. The van der Waals surface area contributed by atoms with Crippen LogP contribution in [-0.4, -0.2) is 24.5 Å². The summed E-state index contributed by atoms with van der Waals surface area (Å²) in [5.74, 6) is 0.171. The van der Waals surface area contributed by atoms with Crippen LogP contribution in [0.4, 0.5) is 5.69 Å². The van der Waals surface area contributed by atoms with Crippen molar-refractivity contribution < 1.29 is 4.79 Å². The van der Waals surface area contributed by atoms with Gasteiger partial charge in [-0.15, -0.1) is 0 Å². The van der Waals surface area contributed by atoms with E-state index < -0.39 is 0 Å². The first-order chi connectivity index (χ1) is 8.11. The second-order valence-corrected chi connectivity index (χ2v) is 4.81. The fourth-order valence-corrected chi connectivity index (χ4v) is 2.34. The molecule has 1 heterocycles. The summed E-state index contributed by atoms with van der Waals surface area (Å²) >= 11 is 0. The molecular weight excluding hydrogens is 212 g/mol. The lowest BCUT2D eigenvalue weighted by molar-refractivity contribution is -0.120. The Hall–Kier alpha value is -1.35. The van der Waals surface area contributed by atoms with Crippen LogP contribution < -0.4 is 10.2 Å². The number of anilines is 1. The lowest BCUT2D eigenvalue weighted by Crippen LogP contribution is -2.44. The Balaban J connectivity index is 2.39. The maximum absolute atomic E-state index is 12.4. The third-order valence-corrected chi connectivity index (χ3v) is 3.44. The van der Waals surface area contributed by atoms with Crippen molar-refractivity contribution in [3.05, 3.63) is 29.8 Å². The summed E-state index contributed by atoms with van der Waals surface area (Å²) < 4.78 is 0. The van der Waals surface area contributed by atoms with Crippen LogP contribution in [0.3, 0.4) is 0 Å². The quantitative estimate of drug-likeness (QED) is 0.804. The lowest BCUT2D eigenvalue weighted by Gasteiger charge is -2.29. The van der Waals surface area contributed by atoms with Crippen LogP contribution >= 0.6 is 0 Å². The highest BCUT2D eigenvalue weighted by atomic mass is 16.2. The van der Waals surface area contributed by atoms with E-state index >= 15 is 0 Å². The molecule has 2 atom stereocenters. The predicted molar refractivity (Wildman–Crippen MR) is 70.2 cm³/mol.